The summed E-state index contributed by atoms with van der Waals surface area (Å²) in [6.07, 6.45) is 0. The zero-order valence-electron chi connectivity index (χ0n) is 9.59. The first kappa shape index (κ1) is 11.1. The average Bonchev–Trinajstić information content (AvgIpc) is 3.05. The van der Waals surface area contributed by atoms with Crippen molar-refractivity contribution in [1.29, 1.82) is 0 Å². The molecule has 0 fully saturated rings. The van der Waals surface area contributed by atoms with Crippen molar-refractivity contribution in [2.24, 2.45) is 0 Å². The molecule has 0 amide bonds. The van der Waals surface area contributed by atoms with Gasteiger partial charge in [-0.15, -0.1) is 10.2 Å². The first-order valence-corrected chi connectivity index (χ1v) is 7.25. The molecule has 0 bridgehead atoms. The molecule has 6 heteroatoms. The lowest BCUT2D eigenvalue weighted by atomic mass is 10.1. The number of nitrogens with one attached hydrogen (secondary N) is 1. The van der Waals surface area contributed by atoms with Gasteiger partial charge in [-0.05, 0) is 22.0 Å². The first-order valence-electron chi connectivity index (χ1n) is 5.68. The molecule has 2 heterocycles. The van der Waals surface area contributed by atoms with Gasteiger partial charge in [0.05, 0.1) is 5.52 Å². The number of rotatable bonds is 1. The Hall–Kier alpha value is -1.79. The molecule has 92 valence electrons. The zero-order chi connectivity index (χ0) is 12.8. The molecule has 0 aliphatic heterocycles. The van der Waals surface area contributed by atoms with Gasteiger partial charge < -0.3 is 0 Å². The third-order valence-corrected chi connectivity index (χ3v) is 4.26. The largest absolute Gasteiger partial charge is 0.292 e. The summed E-state index contributed by atoms with van der Waals surface area (Å²) in [7, 11) is 0. The lowest BCUT2D eigenvalue weighted by Crippen LogP contribution is -1.79. The summed E-state index contributed by atoms with van der Waals surface area (Å²) in [4.78, 5) is 0. The molecule has 0 saturated carbocycles. The quantitative estimate of drug-likeness (QED) is 0.574. The zero-order valence-corrected chi connectivity index (χ0v) is 12.0. The minimum absolute atomic E-state index is 0.842. The highest BCUT2D eigenvalue weighted by Crippen LogP contribution is 2.34. The highest BCUT2D eigenvalue weighted by atomic mass is 79.9. The van der Waals surface area contributed by atoms with Crippen molar-refractivity contribution in [1.82, 2.24) is 18.9 Å². The molecule has 0 aliphatic carbocycles. The Balaban J connectivity index is 2.12. The maximum Gasteiger partial charge on any atom is 0.131 e. The molecule has 0 unspecified atom stereocenters. The van der Waals surface area contributed by atoms with E-state index >= 15 is 0 Å². The molecule has 0 atom stereocenters. The van der Waals surface area contributed by atoms with Crippen LogP contribution in [0.5, 0.6) is 0 Å². The Morgan fingerprint density at radius 3 is 2.74 bits per heavy atom. The summed E-state index contributed by atoms with van der Waals surface area (Å²) in [6.45, 7) is 0. The Morgan fingerprint density at radius 2 is 1.89 bits per heavy atom. The smallest absolute Gasteiger partial charge is 0.131 e. The van der Waals surface area contributed by atoms with Gasteiger partial charge in [-0.2, -0.15) is 4.37 Å². The molecule has 0 saturated heterocycles. The summed E-state index contributed by atoms with van der Waals surface area (Å²) in [5.41, 5.74) is 4.64. The van der Waals surface area contributed by atoms with E-state index in [9.17, 15) is 0 Å². The molecule has 1 N–H and O–H groups in total. The van der Waals surface area contributed by atoms with Gasteiger partial charge in [0.2, 0.25) is 0 Å². The van der Waals surface area contributed by atoms with Gasteiger partial charge in [-0.1, -0.05) is 30.3 Å². The predicted molar refractivity (Wildman–Crippen MR) is 80.2 cm³/mol. The highest BCUT2D eigenvalue weighted by molar-refractivity contribution is 9.10. The average molecular weight is 331 g/mol. The second-order valence-corrected chi connectivity index (χ2v) is 5.60. The van der Waals surface area contributed by atoms with E-state index in [0.29, 0.717) is 0 Å². The van der Waals surface area contributed by atoms with Gasteiger partial charge >= 0.3 is 0 Å². The summed E-state index contributed by atoms with van der Waals surface area (Å²) >= 11 is 4.88. The fraction of sp³-hybridized carbons (Fsp3) is 0. The lowest BCUT2D eigenvalue weighted by Gasteiger charge is -1.98. The number of halogens is 1. The molecule has 0 radical (unpaired) electrons. The van der Waals surface area contributed by atoms with Crippen LogP contribution in [0, 0.1) is 0 Å². The monoisotopic (exact) mass is 330 g/mol. The van der Waals surface area contributed by atoms with E-state index in [1.165, 1.54) is 11.7 Å². The van der Waals surface area contributed by atoms with Crippen LogP contribution in [0.15, 0.2) is 40.9 Å². The van der Waals surface area contributed by atoms with Crippen molar-refractivity contribution in [2.45, 2.75) is 0 Å². The number of hydrogen-bond acceptors (Lipinski definition) is 4. The van der Waals surface area contributed by atoms with Crippen LogP contribution in [0.1, 0.15) is 0 Å². The van der Waals surface area contributed by atoms with Crippen LogP contribution in [-0.4, -0.2) is 18.9 Å². The summed E-state index contributed by atoms with van der Waals surface area (Å²) in [5, 5.41) is 9.62. The summed E-state index contributed by atoms with van der Waals surface area (Å²) in [6, 6.07) is 12.1. The molecular weight excluding hydrogens is 324 g/mol. The minimum atomic E-state index is 0.842. The van der Waals surface area contributed by atoms with Crippen molar-refractivity contribution in [2.75, 3.05) is 0 Å². The predicted octanol–water partition coefficient (Wildman–Crippen LogP) is 4.00. The van der Waals surface area contributed by atoms with Crippen LogP contribution in [0.4, 0.5) is 0 Å². The lowest BCUT2D eigenvalue weighted by molar-refractivity contribution is 1.13. The molecule has 4 aromatic rings. The molecular formula is C13H7BrN4S. The molecule has 2 aromatic carbocycles. The maximum absolute atomic E-state index is 4.37. The molecule has 0 spiro atoms. The van der Waals surface area contributed by atoms with Crippen LogP contribution in [0.2, 0.25) is 0 Å². The van der Waals surface area contributed by atoms with E-state index < -0.39 is 0 Å². The Bertz CT molecular complexity index is 882. The minimum Gasteiger partial charge on any atom is -0.292 e. The van der Waals surface area contributed by atoms with E-state index in [4.69, 9.17) is 0 Å². The van der Waals surface area contributed by atoms with Gasteiger partial charge in [-0.3, -0.25) is 4.37 Å². The van der Waals surface area contributed by atoms with Crippen LogP contribution < -0.4 is 0 Å². The summed E-state index contributed by atoms with van der Waals surface area (Å²) in [5.74, 6) is 0. The molecule has 4 nitrogen and oxygen atoms in total. The fourth-order valence-corrected chi connectivity index (χ4v) is 3.43. The van der Waals surface area contributed by atoms with Crippen molar-refractivity contribution in [3.05, 3.63) is 40.9 Å². The summed E-state index contributed by atoms with van der Waals surface area (Å²) < 4.78 is 8.50. The van der Waals surface area contributed by atoms with E-state index in [-0.39, 0.29) is 0 Å². The number of nitrogens with zero attached hydrogens (tertiary/aromatic N) is 3. The fourth-order valence-electron chi connectivity index (χ4n) is 2.17. The number of aromatic amines is 1. The first-order chi connectivity index (χ1) is 9.34. The second kappa shape index (κ2) is 4.11. The molecule has 19 heavy (non-hydrogen) atoms. The number of aromatic nitrogens is 4. The van der Waals surface area contributed by atoms with Gasteiger partial charge in [0.15, 0.2) is 0 Å². The molecule has 2 aromatic heterocycles. The standard InChI is InChI=1S/C13H7BrN4S/c14-9-6-8-10(7-4-2-1-3-5-7)15-16-11(8)13-12(9)17-19-18-13/h1-6,17H. The van der Waals surface area contributed by atoms with Crippen LogP contribution in [-0.2, 0) is 0 Å². The Kier molecular flexibility index (Phi) is 2.39. The SMILES string of the molecule is Brc1cc2c(-c3ccccc3)nnc2c2ns[nH]c12. The van der Waals surface area contributed by atoms with Crippen molar-refractivity contribution in [3.63, 3.8) is 0 Å². The Morgan fingerprint density at radius 1 is 1.05 bits per heavy atom. The van der Waals surface area contributed by atoms with Crippen LogP contribution in [0.25, 0.3) is 33.2 Å². The van der Waals surface area contributed by atoms with Crippen molar-refractivity contribution < 1.29 is 0 Å². The third-order valence-electron chi connectivity index (χ3n) is 3.06. The highest BCUT2D eigenvalue weighted by Gasteiger charge is 2.15. The normalized spacial score (nSPS) is 11.4. The van der Waals surface area contributed by atoms with Crippen molar-refractivity contribution >= 4 is 49.6 Å². The van der Waals surface area contributed by atoms with Crippen molar-refractivity contribution in [3.8, 4) is 11.3 Å². The third kappa shape index (κ3) is 1.60. The van der Waals surface area contributed by atoms with E-state index in [1.54, 1.807) is 0 Å². The molecule has 4 rings (SSSR count). The van der Waals surface area contributed by atoms with E-state index in [1.807, 2.05) is 36.4 Å². The van der Waals surface area contributed by atoms with Gasteiger partial charge in [0.1, 0.15) is 16.7 Å². The number of hydrogen-bond donors (Lipinski definition) is 1. The van der Waals surface area contributed by atoms with Crippen LogP contribution in [0.3, 0.4) is 0 Å². The van der Waals surface area contributed by atoms with E-state index in [2.05, 4.69) is 34.9 Å². The molecule has 0 aliphatic rings. The Labute approximate surface area is 120 Å². The number of fused-ring (bicyclic) bond motifs is 3. The van der Waals surface area contributed by atoms with Gasteiger partial charge in [-0.25, -0.2) is 0 Å². The van der Waals surface area contributed by atoms with Crippen LogP contribution >= 0.6 is 27.7 Å². The van der Waals surface area contributed by atoms with Gasteiger partial charge in [0.25, 0.3) is 0 Å². The second-order valence-electron chi connectivity index (χ2n) is 4.18. The number of benzene rings is 2. The van der Waals surface area contributed by atoms with E-state index in [0.717, 1.165) is 37.7 Å². The topological polar surface area (TPSA) is 54.5 Å². The number of H-pyrrole nitrogens is 1. The maximum atomic E-state index is 4.37. The van der Waals surface area contributed by atoms with Gasteiger partial charge in [0, 0.05) is 27.2 Å².